The van der Waals surface area contributed by atoms with Gasteiger partial charge in [-0.2, -0.15) is 0 Å². The molecular formula is C10H18N2O6S2. The van der Waals surface area contributed by atoms with Gasteiger partial charge < -0.3 is 20.8 Å². The van der Waals surface area contributed by atoms with E-state index in [1.807, 2.05) is 0 Å². The fourth-order valence-electron chi connectivity index (χ4n) is 1.15. The molecule has 10 heteroatoms. The summed E-state index contributed by atoms with van der Waals surface area (Å²) in [5, 5.41) is 15.7. The number of thiol groups is 2. The second-order valence-corrected chi connectivity index (χ2v) is 4.43. The zero-order chi connectivity index (χ0) is 16.1. The van der Waals surface area contributed by atoms with Gasteiger partial charge in [-0.3, -0.25) is 19.2 Å². The SMILES string of the molecule is NC(=O)S.O=C(O)CCCN(CCCC(=O)O)C(=O)S. The third kappa shape index (κ3) is 18.9. The molecular weight excluding hydrogens is 308 g/mol. The average Bonchev–Trinajstić information content (AvgIpc) is 2.24. The van der Waals surface area contributed by atoms with Gasteiger partial charge in [0.2, 0.25) is 0 Å². The first-order valence-electron chi connectivity index (χ1n) is 5.56. The maximum atomic E-state index is 11.0. The van der Waals surface area contributed by atoms with Crippen LogP contribution in [0.1, 0.15) is 25.7 Å². The van der Waals surface area contributed by atoms with Gasteiger partial charge in [0, 0.05) is 25.9 Å². The Morgan fingerprint density at radius 2 is 1.20 bits per heavy atom. The minimum atomic E-state index is -0.919. The predicted octanol–water partition coefficient (Wildman–Crippen LogP) is 1.06. The van der Waals surface area contributed by atoms with Gasteiger partial charge in [-0.05, 0) is 12.8 Å². The van der Waals surface area contributed by atoms with Crippen LogP contribution in [-0.2, 0) is 9.59 Å². The number of nitrogens with two attached hydrogens (primary N) is 1. The van der Waals surface area contributed by atoms with Crippen molar-refractivity contribution in [2.75, 3.05) is 13.1 Å². The van der Waals surface area contributed by atoms with Crippen LogP contribution in [0.15, 0.2) is 0 Å². The lowest BCUT2D eigenvalue weighted by Gasteiger charge is -2.19. The van der Waals surface area contributed by atoms with Gasteiger partial charge in [-0.25, -0.2) is 0 Å². The Morgan fingerprint density at radius 3 is 1.40 bits per heavy atom. The van der Waals surface area contributed by atoms with E-state index in [-0.39, 0.29) is 25.9 Å². The fourth-order valence-corrected chi connectivity index (χ4v) is 1.35. The summed E-state index contributed by atoms with van der Waals surface area (Å²) in [6, 6.07) is 0. The first kappa shape index (κ1) is 20.9. The highest BCUT2D eigenvalue weighted by atomic mass is 32.1. The highest BCUT2D eigenvalue weighted by molar-refractivity contribution is 7.96. The maximum Gasteiger partial charge on any atom is 0.303 e. The molecule has 8 nitrogen and oxygen atoms in total. The van der Waals surface area contributed by atoms with Gasteiger partial charge >= 0.3 is 11.9 Å². The van der Waals surface area contributed by atoms with Crippen molar-refractivity contribution in [3.8, 4) is 0 Å². The molecule has 0 aliphatic rings. The monoisotopic (exact) mass is 326 g/mol. The molecule has 0 spiro atoms. The minimum Gasteiger partial charge on any atom is -0.481 e. The lowest BCUT2D eigenvalue weighted by molar-refractivity contribution is -0.138. The molecule has 0 aliphatic carbocycles. The van der Waals surface area contributed by atoms with Crippen LogP contribution in [0.3, 0.4) is 0 Å². The van der Waals surface area contributed by atoms with Crippen molar-refractivity contribution >= 4 is 47.7 Å². The number of rotatable bonds is 8. The Bertz CT molecular complexity index is 327. The van der Waals surface area contributed by atoms with Gasteiger partial charge in [0.15, 0.2) is 0 Å². The van der Waals surface area contributed by atoms with E-state index in [0.717, 1.165) is 0 Å². The van der Waals surface area contributed by atoms with E-state index in [4.69, 9.17) is 15.0 Å². The Labute approximate surface area is 127 Å². The molecule has 0 fully saturated rings. The molecule has 0 rings (SSSR count). The molecule has 0 atom stereocenters. The molecule has 4 N–H and O–H groups in total. The molecule has 0 radical (unpaired) electrons. The highest BCUT2D eigenvalue weighted by Crippen LogP contribution is 2.03. The number of carboxylic acids is 2. The van der Waals surface area contributed by atoms with Crippen molar-refractivity contribution in [2.24, 2.45) is 5.73 Å². The minimum absolute atomic E-state index is 0.0174. The molecule has 0 aliphatic heterocycles. The quantitative estimate of drug-likeness (QED) is 0.423. The van der Waals surface area contributed by atoms with Gasteiger partial charge in [-0.15, -0.1) is 0 Å². The molecule has 0 aromatic rings. The second-order valence-electron chi connectivity index (χ2n) is 3.60. The number of primary amides is 1. The summed E-state index contributed by atoms with van der Waals surface area (Å²) >= 11 is 6.74. The summed E-state index contributed by atoms with van der Waals surface area (Å²) in [7, 11) is 0. The zero-order valence-corrected chi connectivity index (χ0v) is 12.5. The lowest BCUT2D eigenvalue weighted by atomic mass is 10.2. The van der Waals surface area contributed by atoms with Crippen molar-refractivity contribution in [3.63, 3.8) is 0 Å². The van der Waals surface area contributed by atoms with E-state index < -0.39 is 22.4 Å². The summed E-state index contributed by atoms with van der Waals surface area (Å²) in [5.74, 6) is -1.84. The molecule has 0 unspecified atom stereocenters. The van der Waals surface area contributed by atoms with Crippen LogP contribution in [-0.4, -0.2) is 50.6 Å². The molecule has 0 bridgehead atoms. The van der Waals surface area contributed by atoms with E-state index in [0.29, 0.717) is 12.8 Å². The topological polar surface area (TPSA) is 138 Å². The summed E-state index contributed by atoms with van der Waals surface area (Å²) in [4.78, 5) is 41.9. The summed E-state index contributed by atoms with van der Waals surface area (Å²) in [5.41, 5.74) is 4.34. The molecule has 0 aromatic heterocycles. The number of amides is 2. The third-order valence-corrected chi connectivity index (χ3v) is 2.19. The fraction of sp³-hybridized carbons (Fsp3) is 0.600. The molecule has 0 aromatic carbocycles. The van der Waals surface area contributed by atoms with Crippen molar-refractivity contribution in [2.45, 2.75) is 25.7 Å². The van der Waals surface area contributed by atoms with Crippen LogP contribution in [0.25, 0.3) is 0 Å². The number of hydrogen-bond acceptors (Lipinski definition) is 4. The Kier molecular flexibility index (Phi) is 13.2. The van der Waals surface area contributed by atoms with Gasteiger partial charge in [-0.1, -0.05) is 25.3 Å². The summed E-state index contributed by atoms with van der Waals surface area (Å²) in [6.07, 6.45) is 0.649. The Hall–Kier alpha value is -1.42. The van der Waals surface area contributed by atoms with E-state index in [9.17, 15) is 14.4 Å². The van der Waals surface area contributed by atoms with Gasteiger partial charge in [0.1, 0.15) is 0 Å². The number of aliphatic carboxylic acids is 2. The predicted molar refractivity (Wildman–Crippen MR) is 78.3 cm³/mol. The molecule has 0 saturated heterocycles. The Morgan fingerprint density at radius 1 is 0.900 bits per heavy atom. The number of carbonyl (C=O) groups excluding carboxylic acids is 2. The largest absolute Gasteiger partial charge is 0.481 e. The zero-order valence-electron chi connectivity index (χ0n) is 10.7. The van der Waals surface area contributed by atoms with Crippen molar-refractivity contribution in [1.82, 2.24) is 4.90 Å². The molecule has 116 valence electrons. The van der Waals surface area contributed by atoms with E-state index in [2.05, 4.69) is 31.0 Å². The number of nitrogens with zero attached hydrogens (tertiary/aromatic N) is 1. The third-order valence-electron chi connectivity index (χ3n) is 1.91. The number of hydrogen-bond donors (Lipinski definition) is 5. The highest BCUT2D eigenvalue weighted by Gasteiger charge is 2.10. The van der Waals surface area contributed by atoms with Crippen molar-refractivity contribution < 1.29 is 29.4 Å². The van der Waals surface area contributed by atoms with Crippen LogP contribution < -0.4 is 5.73 Å². The van der Waals surface area contributed by atoms with Crippen LogP contribution in [0, 0.1) is 0 Å². The van der Waals surface area contributed by atoms with Crippen LogP contribution in [0.5, 0.6) is 0 Å². The molecule has 0 saturated carbocycles. The smallest absolute Gasteiger partial charge is 0.303 e. The van der Waals surface area contributed by atoms with Crippen LogP contribution in [0.4, 0.5) is 9.59 Å². The standard InChI is InChI=1S/C9H15NO5S.CH3NOS/c11-7(12)3-1-5-10(9(15)16)6-2-4-8(13)14;2-1(3)4/h1-6H2,(H,11,12)(H,13,14)(H,15,16);(H3,2,3,4). The average molecular weight is 326 g/mol. The number of carbonyl (C=O) groups is 4. The summed E-state index contributed by atoms with van der Waals surface area (Å²) in [6.45, 7) is 0.572. The number of carboxylic acid groups (broad SMARTS) is 2. The Balaban J connectivity index is 0. The summed E-state index contributed by atoms with van der Waals surface area (Å²) < 4.78 is 0. The van der Waals surface area contributed by atoms with Crippen molar-refractivity contribution in [1.29, 1.82) is 0 Å². The van der Waals surface area contributed by atoms with Gasteiger partial charge in [0.05, 0.1) is 0 Å². The van der Waals surface area contributed by atoms with E-state index in [1.165, 1.54) is 4.90 Å². The van der Waals surface area contributed by atoms with Crippen LogP contribution in [0.2, 0.25) is 0 Å². The molecule has 2 amide bonds. The van der Waals surface area contributed by atoms with Crippen LogP contribution >= 0.6 is 25.3 Å². The first-order chi connectivity index (χ1) is 9.16. The molecule has 20 heavy (non-hydrogen) atoms. The van der Waals surface area contributed by atoms with E-state index in [1.54, 1.807) is 0 Å². The van der Waals surface area contributed by atoms with E-state index >= 15 is 0 Å². The first-order valence-corrected chi connectivity index (χ1v) is 6.46. The van der Waals surface area contributed by atoms with Crippen molar-refractivity contribution in [3.05, 3.63) is 0 Å². The van der Waals surface area contributed by atoms with Gasteiger partial charge in [0.25, 0.3) is 10.5 Å². The lowest BCUT2D eigenvalue weighted by Crippen LogP contribution is -2.29. The second kappa shape index (κ2) is 12.6. The maximum absolute atomic E-state index is 11.0. The normalized spacial score (nSPS) is 9.10. The molecule has 0 heterocycles.